The van der Waals surface area contributed by atoms with E-state index in [9.17, 15) is 5.11 Å². The molecule has 1 fully saturated rings. The standard InChI is InChI=1S/C13H19N3OS/c1-8-5-11(13(14)18)6-12(15-8)16-4-3-10(7-16)9(2)17/h5-6,9-10,17H,3-4,7H2,1-2H3,(H2,14,18). The maximum Gasteiger partial charge on any atom is 0.129 e. The maximum absolute atomic E-state index is 9.63. The van der Waals surface area contributed by atoms with E-state index in [1.807, 2.05) is 26.0 Å². The summed E-state index contributed by atoms with van der Waals surface area (Å²) in [5, 5.41) is 9.63. The summed E-state index contributed by atoms with van der Waals surface area (Å²) in [6.07, 6.45) is 0.727. The summed E-state index contributed by atoms with van der Waals surface area (Å²) in [5.74, 6) is 1.22. The second kappa shape index (κ2) is 5.20. The summed E-state index contributed by atoms with van der Waals surface area (Å²) in [4.78, 5) is 7.10. The van der Waals surface area contributed by atoms with Crippen molar-refractivity contribution in [1.29, 1.82) is 0 Å². The lowest BCUT2D eigenvalue weighted by Crippen LogP contribution is -2.25. The van der Waals surface area contributed by atoms with Gasteiger partial charge in [0.05, 0.1) is 6.10 Å². The molecule has 0 bridgehead atoms. The molecule has 4 nitrogen and oxygen atoms in total. The van der Waals surface area contributed by atoms with Gasteiger partial charge in [-0.2, -0.15) is 0 Å². The summed E-state index contributed by atoms with van der Waals surface area (Å²) in [7, 11) is 0. The van der Waals surface area contributed by atoms with Crippen LogP contribution in [0, 0.1) is 12.8 Å². The molecular weight excluding hydrogens is 246 g/mol. The lowest BCUT2D eigenvalue weighted by Gasteiger charge is -2.19. The van der Waals surface area contributed by atoms with Crippen molar-refractivity contribution in [3.63, 3.8) is 0 Å². The Labute approximate surface area is 113 Å². The molecule has 2 unspecified atom stereocenters. The number of aliphatic hydroxyl groups excluding tert-OH is 1. The van der Waals surface area contributed by atoms with Gasteiger partial charge in [-0.1, -0.05) is 12.2 Å². The number of aromatic nitrogens is 1. The van der Waals surface area contributed by atoms with Crippen LogP contribution in [0.2, 0.25) is 0 Å². The van der Waals surface area contributed by atoms with Crippen LogP contribution in [0.5, 0.6) is 0 Å². The van der Waals surface area contributed by atoms with Gasteiger partial charge in [0, 0.05) is 30.3 Å². The number of anilines is 1. The van der Waals surface area contributed by atoms with Crippen molar-refractivity contribution in [2.75, 3.05) is 18.0 Å². The topological polar surface area (TPSA) is 62.4 Å². The summed E-state index contributed by atoms with van der Waals surface area (Å²) < 4.78 is 0. The third-order valence-corrected chi connectivity index (χ3v) is 3.69. The Morgan fingerprint density at radius 3 is 2.89 bits per heavy atom. The number of nitrogens with two attached hydrogens (primary N) is 1. The van der Waals surface area contributed by atoms with Crippen molar-refractivity contribution < 1.29 is 5.11 Å². The molecular formula is C13H19N3OS. The zero-order valence-corrected chi connectivity index (χ0v) is 11.6. The van der Waals surface area contributed by atoms with Crippen LogP contribution in [-0.2, 0) is 0 Å². The van der Waals surface area contributed by atoms with Gasteiger partial charge in [-0.15, -0.1) is 0 Å². The number of hydrogen-bond donors (Lipinski definition) is 2. The Bertz CT molecular complexity index is 462. The van der Waals surface area contributed by atoms with E-state index in [-0.39, 0.29) is 6.10 Å². The minimum Gasteiger partial charge on any atom is -0.393 e. The lowest BCUT2D eigenvalue weighted by atomic mass is 10.0. The van der Waals surface area contributed by atoms with Gasteiger partial charge >= 0.3 is 0 Å². The zero-order valence-electron chi connectivity index (χ0n) is 10.8. The lowest BCUT2D eigenvalue weighted by molar-refractivity contribution is 0.136. The first kappa shape index (κ1) is 13.2. The van der Waals surface area contributed by atoms with Gasteiger partial charge in [0.15, 0.2) is 0 Å². The number of thiocarbonyl (C=S) groups is 1. The van der Waals surface area contributed by atoms with Crippen LogP contribution in [0.1, 0.15) is 24.6 Å². The van der Waals surface area contributed by atoms with Gasteiger partial charge < -0.3 is 15.7 Å². The molecule has 2 rings (SSSR count). The number of aliphatic hydroxyl groups is 1. The second-order valence-electron chi connectivity index (χ2n) is 4.96. The average Bonchev–Trinajstić information content (AvgIpc) is 2.77. The highest BCUT2D eigenvalue weighted by Gasteiger charge is 2.27. The van der Waals surface area contributed by atoms with Crippen LogP contribution in [0.4, 0.5) is 5.82 Å². The molecule has 0 amide bonds. The highest BCUT2D eigenvalue weighted by atomic mass is 32.1. The predicted octanol–water partition coefficient (Wildman–Crippen LogP) is 1.23. The van der Waals surface area contributed by atoms with E-state index in [2.05, 4.69) is 9.88 Å². The minimum atomic E-state index is -0.269. The van der Waals surface area contributed by atoms with E-state index < -0.39 is 0 Å². The quantitative estimate of drug-likeness (QED) is 0.805. The van der Waals surface area contributed by atoms with E-state index in [1.54, 1.807) is 0 Å². The van der Waals surface area contributed by atoms with E-state index >= 15 is 0 Å². The van der Waals surface area contributed by atoms with Gasteiger partial charge in [0.2, 0.25) is 0 Å². The first-order chi connectivity index (χ1) is 8.47. The first-order valence-corrected chi connectivity index (χ1v) is 6.59. The minimum absolute atomic E-state index is 0.269. The molecule has 98 valence electrons. The molecule has 0 saturated carbocycles. The Kier molecular flexibility index (Phi) is 3.82. The molecule has 0 spiro atoms. The van der Waals surface area contributed by atoms with E-state index in [4.69, 9.17) is 18.0 Å². The molecule has 18 heavy (non-hydrogen) atoms. The normalized spacial score (nSPS) is 21.1. The summed E-state index contributed by atoms with van der Waals surface area (Å²) in [6.45, 7) is 5.54. The molecule has 2 heterocycles. The molecule has 1 aliphatic heterocycles. The Morgan fingerprint density at radius 2 is 2.33 bits per heavy atom. The third kappa shape index (κ3) is 2.79. The van der Waals surface area contributed by atoms with Crippen LogP contribution in [0.15, 0.2) is 12.1 Å². The number of nitrogens with zero attached hydrogens (tertiary/aromatic N) is 2. The summed E-state index contributed by atoms with van der Waals surface area (Å²) >= 11 is 5.01. The van der Waals surface area contributed by atoms with Crippen molar-refractivity contribution in [3.05, 3.63) is 23.4 Å². The summed E-state index contributed by atoms with van der Waals surface area (Å²) in [6, 6.07) is 3.83. The molecule has 1 aromatic heterocycles. The van der Waals surface area contributed by atoms with Gasteiger partial charge in [-0.3, -0.25) is 0 Å². The maximum atomic E-state index is 9.63. The van der Waals surface area contributed by atoms with E-state index in [0.717, 1.165) is 36.6 Å². The highest BCUT2D eigenvalue weighted by Crippen LogP contribution is 2.25. The SMILES string of the molecule is Cc1cc(C(N)=S)cc(N2CCC(C(C)O)C2)n1. The van der Waals surface area contributed by atoms with Gasteiger partial charge in [0.25, 0.3) is 0 Å². The molecule has 1 saturated heterocycles. The molecule has 1 aromatic rings. The Morgan fingerprint density at radius 1 is 1.61 bits per heavy atom. The van der Waals surface area contributed by atoms with Crippen molar-refractivity contribution >= 4 is 23.0 Å². The van der Waals surface area contributed by atoms with Crippen LogP contribution in [-0.4, -0.2) is 34.3 Å². The molecule has 0 aliphatic carbocycles. The zero-order chi connectivity index (χ0) is 13.3. The molecule has 2 atom stereocenters. The largest absolute Gasteiger partial charge is 0.393 e. The van der Waals surface area contributed by atoms with E-state index in [1.165, 1.54) is 0 Å². The molecule has 0 radical (unpaired) electrons. The average molecular weight is 265 g/mol. The molecule has 3 N–H and O–H groups in total. The van der Waals surface area contributed by atoms with Gasteiger partial charge in [0.1, 0.15) is 10.8 Å². The van der Waals surface area contributed by atoms with Crippen LogP contribution >= 0.6 is 12.2 Å². The van der Waals surface area contributed by atoms with Crippen molar-refractivity contribution in [1.82, 2.24) is 4.98 Å². The van der Waals surface area contributed by atoms with Crippen LogP contribution < -0.4 is 10.6 Å². The number of aryl methyl sites for hydroxylation is 1. The molecule has 5 heteroatoms. The van der Waals surface area contributed by atoms with Crippen LogP contribution in [0.3, 0.4) is 0 Å². The fourth-order valence-electron chi connectivity index (χ4n) is 2.34. The Balaban J connectivity index is 2.21. The van der Waals surface area contributed by atoms with Crippen molar-refractivity contribution in [2.45, 2.75) is 26.4 Å². The molecule has 0 aromatic carbocycles. The Hall–Kier alpha value is -1.20. The predicted molar refractivity (Wildman–Crippen MR) is 76.9 cm³/mol. The number of rotatable bonds is 3. The van der Waals surface area contributed by atoms with E-state index in [0.29, 0.717) is 10.9 Å². The van der Waals surface area contributed by atoms with Crippen molar-refractivity contribution in [3.8, 4) is 0 Å². The number of pyridine rings is 1. The van der Waals surface area contributed by atoms with Crippen molar-refractivity contribution in [2.24, 2.45) is 11.7 Å². The van der Waals surface area contributed by atoms with Gasteiger partial charge in [-0.25, -0.2) is 4.98 Å². The second-order valence-corrected chi connectivity index (χ2v) is 5.39. The summed E-state index contributed by atoms with van der Waals surface area (Å²) in [5.41, 5.74) is 7.44. The first-order valence-electron chi connectivity index (χ1n) is 6.19. The third-order valence-electron chi connectivity index (χ3n) is 3.46. The number of hydrogen-bond acceptors (Lipinski definition) is 4. The monoisotopic (exact) mass is 265 g/mol. The highest BCUT2D eigenvalue weighted by molar-refractivity contribution is 7.80. The fourth-order valence-corrected chi connectivity index (χ4v) is 2.46. The smallest absolute Gasteiger partial charge is 0.129 e. The van der Waals surface area contributed by atoms with Crippen LogP contribution in [0.25, 0.3) is 0 Å². The molecule has 1 aliphatic rings. The van der Waals surface area contributed by atoms with Gasteiger partial charge in [-0.05, 0) is 32.4 Å². The fraction of sp³-hybridized carbons (Fsp3) is 0.538.